The largest absolute Gasteiger partial charge is 0.478 e. The first-order chi connectivity index (χ1) is 30.6. The SMILES string of the molecule is CNC(=O)COc1cc2cc(Nc3nc(N4CCN(C(C)(C)C5CCC6(CCN(c7ccc8c(c7)CN(C7CCC(=O)NC7=O)C8=O)C6)C5)CC4)ncc3Cl)ccc2n(C(C)C)c1=O. The van der Waals surface area contributed by atoms with Crippen LogP contribution in [0.2, 0.25) is 5.02 Å². The van der Waals surface area contributed by atoms with Crippen LogP contribution in [0.1, 0.15) is 88.2 Å². The Balaban J connectivity index is 0.818. The van der Waals surface area contributed by atoms with Crippen LogP contribution < -0.4 is 36.0 Å². The second-order valence-electron chi connectivity index (χ2n) is 19.0. The van der Waals surface area contributed by atoms with Crippen LogP contribution in [0, 0.1) is 11.3 Å². The second kappa shape index (κ2) is 17.0. The molecule has 4 aromatic rings. The Kier molecular flexibility index (Phi) is 11.6. The van der Waals surface area contributed by atoms with Crippen LogP contribution in [0.4, 0.5) is 23.1 Å². The van der Waals surface area contributed by atoms with Gasteiger partial charge in [-0.1, -0.05) is 11.6 Å². The van der Waals surface area contributed by atoms with E-state index in [4.69, 9.17) is 21.3 Å². The fraction of sp³-hybridized carbons (Fsp3) is 0.511. The molecule has 3 unspecified atom stereocenters. The molecule has 5 aliphatic rings. The quantitative estimate of drug-likeness (QED) is 0.167. The van der Waals surface area contributed by atoms with Gasteiger partial charge in [0.1, 0.15) is 11.1 Å². The van der Waals surface area contributed by atoms with Crippen molar-refractivity contribution >= 4 is 69.3 Å². The summed E-state index contributed by atoms with van der Waals surface area (Å²) in [6.07, 6.45) is 6.93. The second-order valence-corrected chi connectivity index (χ2v) is 19.4. The molecule has 17 heteroatoms. The average molecular weight is 893 g/mol. The van der Waals surface area contributed by atoms with Crippen molar-refractivity contribution in [2.45, 2.75) is 90.4 Å². The molecule has 1 saturated carbocycles. The molecule has 3 saturated heterocycles. The maximum absolute atomic E-state index is 13.3. The van der Waals surface area contributed by atoms with Gasteiger partial charge in [0.25, 0.3) is 17.4 Å². The normalized spacial score (nSPS) is 22.8. The summed E-state index contributed by atoms with van der Waals surface area (Å²) in [5, 5.41) is 9.42. The molecule has 0 radical (unpaired) electrons. The fourth-order valence-electron chi connectivity index (χ4n) is 10.8. The highest BCUT2D eigenvalue weighted by atomic mass is 35.5. The number of nitrogens with one attached hydrogen (secondary N) is 3. The van der Waals surface area contributed by atoms with Gasteiger partial charge in [-0.15, -0.1) is 0 Å². The number of amides is 4. The molecule has 16 nitrogen and oxygen atoms in total. The lowest BCUT2D eigenvalue weighted by Gasteiger charge is -2.47. The molecule has 4 fully saturated rings. The van der Waals surface area contributed by atoms with Crippen LogP contribution in [0.25, 0.3) is 10.9 Å². The van der Waals surface area contributed by atoms with E-state index in [-0.39, 0.29) is 65.0 Å². The summed E-state index contributed by atoms with van der Waals surface area (Å²) in [7, 11) is 1.52. The molecule has 6 heterocycles. The Morgan fingerprint density at radius 2 is 1.80 bits per heavy atom. The predicted octanol–water partition coefficient (Wildman–Crippen LogP) is 5.25. The number of fused-ring (bicyclic) bond motifs is 2. The van der Waals surface area contributed by atoms with Gasteiger partial charge in [-0.25, -0.2) is 4.98 Å². The highest BCUT2D eigenvalue weighted by Crippen LogP contribution is 2.53. The smallest absolute Gasteiger partial charge is 0.293 e. The number of piperidine rings is 1. The molecule has 2 aromatic heterocycles. The number of likely N-dealkylation sites (N-methyl/N-ethyl adjacent to an activating group) is 1. The third kappa shape index (κ3) is 8.14. The number of carbonyl (C=O) groups is 4. The van der Waals surface area contributed by atoms with Gasteiger partial charge < -0.3 is 34.6 Å². The molecule has 1 aliphatic carbocycles. The average Bonchev–Trinajstić information content (AvgIpc) is 4.00. The highest BCUT2D eigenvalue weighted by Gasteiger charge is 2.50. The maximum Gasteiger partial charge on any atom is 0.293 e. The Morgan fingerprint density at radius 1 is 1.00 bits per heavy atom. The number of ether oxygens (including phenoxy) is 1. The van der Waals surface area contributed by atoms with E-state index in [0.29, 0.717) is 41.2 Å². The van der Waals surface area contributed by atoms with Crippen molar-refractivity contribution in [3.63, 3.8) is 0 Å². The Hall–Kier alpha value is -5.74. The van der Waals surface area contributed by atoms with Crippen molar-refractivity contribution in [1.82, 2.24) is 35.0 Å². The van der Waals surface area contributed by atoms with E-state index in [9.17, 15) is 24.0 Å². The predicted molar refractivity (Wildman–Crippen MR) is 245 cm³/mol. The van der Waals surface area contributed by atoms with E-state index >= 15 is 0 Å². The molecule has 3 N–H and O–H groups in total. The zero-order chi connectivity index (χ0) is 45.1. The molecule has 4 aliphatic heterocycles. The number of imide groups is 1. The van der Waals surface area contributed by atoms with Gasteiger partial charge in [0.15, 0.2) is 18.2 Å². The summed E-state index contributed by atoms with van der Waals surface area (Å²) in [4.78, 5) is 81.3. The number of rotatable bonds is 11. The zero-order valence-electron chi connectivity index (χ0n) is 37.2. The summed E-state index contributed by atoms with van der Waals surface area (Å²) in [6, 6.07) is 12.7. The van der Waals surface area contributed by atoms with E-state index in [1.807, 2.05) is 38.1 Å². The third-order valence-electron chi connectivity index (χ3n) is 14.5. The fourth-order valence-corrected chi connectivity index (χ4v) is 10.9. The molecule has 4 amide bonds. The van der Waals surface area contributed by atoms with E-state index in [1.54, 1.807) is 21.7 Å². The lowest BCUT2D eigenvalue weighted by molar-refractivity contribution is -0.137. The number of benzene rings is 2. The van der Waals surface area contributed by atoms with Crippen LogP contribution in [-0.2, 0) is 20.9 Å². The summed E-state index contributed by atoms with van der Waals surface area (Å²) in [5.41, 5.74) is 4.14. The highest BCUT2D eigenvalue weighted by molar-refractivity contribution is 6.33. The van der Waals surface area contributed by atoms with Gasteiger partial charge in [-0.2, -0.15) is 4.98 Å². The standard InChI is InChI=1S/C47H57ClN10O6/c1-28(2)58-36-9-6-32(20-29(36)22-38(44(58)63)64-26-40(60)49-5)51-41-35(48)24-50-45(53-41)54-16-18-56(19-17-54)46(3,4)31-12-13-47(23-31)14-15-55(27-47)33-7-8-34-30(21-33)25-57(43(34)62)37-10-11-39(59)52-42(37)61/h6-9,20-22,24,28,31,37H,10-19,23,25-27H2,1-5H3,(H,49,60)(H,50,51,53)(H,52,59,61). The lowest BCUT2D eigenvalue weighted by Crippen LogP contribution is -2.57. The molecule has 64 heavy (non-hydrogen) atoms. The summed E-state index contributed by atoms with van der Waals surface area (Å²) in [5.74, 6) is 0.597. The van der Waals surface area contributed by atoms with Gasteiger partial charge in [0, 0.05) is 93.2 Å². The van der Waals surface area contributed by atoms with Gasteiger partial charge in [0.2, 0.25) is 17.8 Å². The van der Waals surface area contributed by atoms with Crippen molar-refractivity contribution in [1.29, 1.82) is 0 Å². The topological polar surface area (TPSA) is 174 Å². The molecule has 2 aromatic carbocycles. The summed E-state index contributed by atoms with van der Waals surface area (Å²) in [6.45, 7) is 14.1. The first kappa shape index (κ1) is 43.5. The third-order valence-corrected chi connectivity index (χ3v) is 14.8. The molecule has 3 atom stereocenters. The minimum atomic E-state index is -0.614. The first-order valence-electron chi connectivity index (χ1n) is 22.5. The lowest BCUT2D eigenvalue weighted by atomic mass is 9.79. The van der Waals surface area contributed by atoms with Crippen LogP contribution >= 0.6 is 11.6 Å². The number of hydrogen-bond acceptors (Lipinski definition) is 12. The van der Waals surface area contributed by atoms with Crippen molar-refractivity contribution in [2.75, 3.05) is 68.0 Å². The number of anilines is 4. The van der Waals surface area contributed by atoms with Crippen molar-refractivity contribution in [2.24, 2.45) is 11.3 Å². The minimum absolute atomic E-state index is 0.00791. The maximum atomic E-state index is 13.3. The van der Waals surface area contributed by atoms with Crippen molar-refractivity contribution in [3.8, 4) is 5.75 Å². The van der Waals surface area contributed by atoms with Crippen LogP contribution in [0.5, 0.6) is 5.75 Å². The van der Waals surface area contributed by atoms with Crippen LogP contribution in [-0.4, -0.2) is 112 Å². The van der Waals surface area contributed by atoms with Crippen molar-refractivity contribution < 1.29 is 23.9 Å². The number of nitrogens with zero attached hydrogens (tertiary/aromatic N) is 7. The number of halogens is 1. The number of hydrogen-bond donors (Lipinski definition) is 3. The number of piperazine rings is 1. The summed E-state index contributed by atoms with van der Waals surface area (Å²) < 4.78 is 7.30. The van der Waals surface area contributed by atoms with Crippen LogP contribution in [0.15, 0.2) is 53.5 Å². The molecule has 9 rings (SSSR count). The van der Waals surface area contributed by atoms with E-state index < -0.39 is 6.04 Å². The Bertz CT molecular complexity index is 2590. The number of aromatic nitrogens is 3. The molecular weight excluding hydrogens is 836 g/mol. The number of pyridine rings is 1. The van der Waals surface area contributed by atoms with E-state index in [2.05, 4.69) is 61.6 Å². The van der Waals surface area contributed by atoms with Gasteiger partial charge in [-0.05, 0) is 119 Å². The van der Waals surface area contributed by atoms with Gasteiger partial charge in [0.05, 0.1) is 11.7 Å². The van der Waals surface area contributed by atoms with E-state index in [1.165, 1.54) is 26.3 Å². The molecular formula is C47H57ClN10O6. The molecule has 1 spiro atoms. The van der Waals surface area contributed by atoms with E-state index in [0.717, 1.165) is 73.5 Å². The Labute approximate surface area is 377 Å². The Morgan fingerprint density at radius 3 is 2.55 bits per heavy atom. The molecule has 0 bridgehead atoms. The summed E-state index contributed by atoms with van der Waals surface area (Å²) >= 11 is 6.66. The monoisotopic (exact) mass is 892 g/mol. The zero-order valence-corrected chi connectivity index (χ0v) is 38.0. The first-order valence-corrected chi connectivity index (χ1v) is 22.9. The van der Waals surface area contributed by atoms with Crippen LogP contribution in [0.3, 0.4) is 0 Å². The number of carbonyl (C=O) groups excluding carboxylic acids is 4. The minimum Gasteiger partial charge on any atom is -0.478 e. The van der Waals surface area contributed by atoms with Gasteiger partial charge >= 0.3 is 0 Å². The van der Waals surface area contributed by atoms with Crippen molar-refractivity contribution in [3.05, 3.63) is 75.2 Å². The molecule has 338 valence electrons. The van der Waals surface area contributed by atoms with Gasteiger partial charge in [-0.3, -0.25) is 34.2 Å².